The summed E-state index contributed by atoms with van der Waals surface area (Å²) in [6.07, 6.45) is 3.36. The summed E-state index contributed by atoms with van der Waals surface area (Å²) in [6.45, 7) is 1.88. The number of nitrogens with zero attached hydrogens (tertiary/aromatic N) is 2. The number of hydrogen-bond donors (Lipinski definition) is 2. The summed E-state index contributed by atoms with van der Waals surface area (Å²) >= 11 is 12.0. The molecule has 1 heterocycles. The second-order valence-corrected chi connectivity index (χ2v) is 5.75. The van der Waals surface area contributed by atoms with E-state index in [0.717, 1.165) is 5.56 Å². The van der Waals surface area contributed by atoms with Crippen molar-refractivity contribution >= 4 is 36.5 Å². The van der Waals surface area contributed by atoms with Gasteiger partial charge in [0.05, 0.1) is 11.5 Å². The quantitative estimate of drug-likeness (QED) is 0.641. The van der Waals surface area contributed by atoms with E-state index < -0.39 is 0 Å². The third-order valence-corrected chi connectivity index (χ3v) is 3.80. The summed E-state index contributed by atoms with van der Waals surface area (Å²) in [5.41, 5.74) is 6.86. The zero-order valence-electron chi connectivity index (χ0n) is 12.4. The van der Waals surface area contributed by atoms with Crippen LogP contribution in [0.15, 0.2) is 42.7 Å². The van der Waals surface area contributed by atoms with Gasteiger partial charge in [-0.25, -0.2) is 10.7 Å². The van der Waals surface area contributed by atoms with Crippen LogP contribution in [0.3, 0.4) is 0 Å². The summed E-state index contributed by atoms with van der Waals surface area (Å²) in [4.78, 5) is 12.1. The van der Waals surface area contributed by atoms with Crippen molar-refractivity contribution in [3.8, 4) is 5.97 Å². The molecule has 8 heteroatoms. The summed E-state index contributed by atoms with van der Waals surface area (Å²) in [5.74, 6) is 1.76. The number of nitriles is 1. The predicted molar refractivity (Wildman–Crippen MR) is 90.3 cm³/mol. The first-order chi connectivity index (χ1) is 11.0. The number of amides is 1. The molecule has 1 amide bonds. The molecule has 1 aromatic heterocycles. The van der Waals surface area contributed by atoms with Crippen LogP contribution in [-0.4, -0.2) is 13.3 Å². The molecule has 1 atom stereocenters. The van der Waals surface area contributed by atoms with E-state index in [0.29, 0.717) is 15.6 Å². The number of rotatable bonds is 5. The molecule has 0 spiro atoms. The van der Waals surface area contributed by atoms with Gasteiger partial charge < -0.3 is 0 Å². The summed E-state index contributed by atoms with van der Waals surface area (Å²) in [7, 11) is 0.242. The van der Waals surface area contributed by atoms with Gasteiger partial charge in [0.2, 0.25) is 0 Å². The molecule has 1 aromatic carbocycles. The standard InChI is InChI=1S/C15H13BCl2N4O/c1-10(13-3-2-12(17)8-14(13)18)20-21-15(23)11-4-6-22(7-5-11)16-9-19/h2-8,10,16,23H,1H3/p+1. The van der Waals surface area contributed by atoms with Gasteiger partial charge in [0.25, 0.3) is 5.91 Å². The van der Waals surface area contributed by atoms with Gasteiger partial charge in [-0.3, -0.25) is 14.7 Å². The van der Waals surface area contributed by atoms with E-state index >= 15 is 0 Å². The van der Waals surface area contributed by atoms with E-state index in [-0.39, 0.29) is 19.4 Å². The molecule has 0 saturated heterocycles. The van der Waals surface area contributed by atoms with E-state index in [9.17, 15) is 4.79 Å². The molecule has 116 valence electrons. The number of pyridine rings is 1. The van der Waals surface area contributed by atoms with Crippen LogP contribution in [0, 0.1) is 11.2 Å². The number of benzene rings is 1. The van der Waals surface area contributed by atoms with Crippen LogP contribution >= 0.6 is 23.2 Å². The lowest BCUT2D eigenvalue weighted by Crippen LogP contribution is -2.41. The fourth-order valence-electron chi connectivity index (χ4n) is 1.97. The lowest BCUT2D eigenvalue weighted by Gasteiger charge is -2.16. The van der Waals surface area contributed by atoms with Crippen LogP contribution in [0.2, 0.25) is 10.0 Å². The van der Waals surface area contributed by atoms with Gasteiger partial charge in [-0.15, -0.1) is 0 Å². The lowest BCUT2D eigenvalue weighted by atomic mass is 9.98. The molecule has 0 aliphatic carbocycles. The monoisotopic (exact) mass is 347 g/mol. The Labute approximate surface area is 145 Å². The highest BCUT2D eigenvalue weighted by Crippen LogP contribution is 2.25. The zero-order valence-corrected chi connectivity index (χ0v) is 13.9. The molecule has 2 aromatic rings. The van der Waals surface area contributed by atoms with Crippen molar-refractivity contribution in [2.24, 2.45) is 0 Å². The van der Waals surface area contributed by atoms with Crippen LogP contribution in [-0.2, 0) is 0 Å². The van der Waals surface area contributed by atoms with Gasteiger partial charge in [-0.05, 0) is 24.6 Å². The SMILES string of the molecule is CC(NNC(=O)c1cc[n+](BC#N)cc1)c1ccc(Cl)cc1Cl. The number of aromatic nitrogens is 1. The van der Waals surface area contributed by atoms with Gasteiger partial charge in [-0.2, -0.15) is 0 Å². The second kappa shape index (κ2) is 7.98. The Hall–Kier alpha value is -2.07. The van der Waals surface area contributed by atoms with Crippen molar-refractivity contribution in [1.29, 1.82) is 5.26 Å². The topological polar surface area (TPSA) is 68.8 Å². The predicted octanol–water partition coefficient (Wildman–Crippen LogP) is 1.96. The molecule has 23 heavy (non-hydrogen) atoms. The first-order valence-corrected chi connectivity index (χ1v) is 7.63. The molecule has 0 bridgehead atoms. The summed E-state index contributed by atoms with van der Waals surface area (Å²) in [6, 6.07) is 8.32. The van der Waals surface area contributed by atoms with Crippen LogP contribution in [0.25, 0.3) is 0 Å². The van der Waals surface area contributed by atoms with Gasteiger partial charge in [-0.1, -0.05) is 29.3 Å². The highest BCUT2D eigenvalue weighted by Gasteiger charge is 2.13. The molecular weight excluding hydrogens is 334 g/mol. The fourth-order valence-corrected chi connectivity index (χ4v) is 2.54. The van der Waals surface area contributed by atoms with Crippen LogP contribution < -0.4 is 15.3 Å². The van der Waals surface area contributed by atoms with E-state index in [1.807, 2.05) is 19.0 Å². The van der Waals surface area contributed by atoms with Gasteiger partial charge in [0.15, 0.2) is 0 Å². The van der Waals surface area contributed by atoms with Crippen molar-refractivity contribution < 1.29 is 9.27 Å². The Morgan fingerprint density at radius 3 is 2.61 bits per heavy atom. The fraction of sp³-hybridized carbons (Fsp3) is 0.133. The van der Waals surface area contributed by atoms with Crippen molar-refractivity contribution in [3.63, 3.8) is 0 Å². The molecule has 0 saturated carbocycles. The average Bonchev–Trinajstić information content (AvgIpc) is 2.53. The van der Waals surface area contributed by atoms with Crippen molar-refractivity contribution in [2.75, 3.05) is 0 Å². The van der Waals surface area contributed by atoms with Crippen molar-refractivity contribution in [3.05, 3.63) is 63.9 Å². The Morgan fingerprint density at radius 2 is 2.00 bits per heavy atom. The van der Waals surface area contributed by atoms with Gasteiger partial charge >= 0.3 is 7.41 Å². The maximum atomic E-state index is 12.1. The highest BCUT2D eigenvalue weighted by molar-refractivity contribution is 6.35. The maximum absolute atomic E-state index is 12.1. The van der Waals surface area contributed by atoms with E-state index in [1.54, 1.807) is 41.1 Å². The number of hydrogen-bond acceptors (Lipinski definition) is 3. The third-order valence-electron chi connectivity index (χ3n) is 3.24. The Balaban J connectivity index is 1.96. The minimum absolute atomic E-state index is 0.184. The first kappa shape index (κ1) is 17.3. The zero-order chi connectivity index (χ0) is 16.8. The molecule has 0 aliphatic heterocycles. The molecule has 0 radical (unpaired) electrons. The number of hydrazine groups is 1. The molecule has 5 nitrogen and oxygen atoms in total. The average molecular weight is 348 g/mol. The number of nitrogens with one attached hydrogen (secondary N) is 2. The van der Waals surface area contributed by atoms with Crippen LogP contribution in [0.5, 0.6) is 0 Å². The minimum atomic E-state index is -0.272. The normalized spacial score (nSPS) is 11.4. The number of carbonyl (C=O) groups is 1. The number of halogens is 2. The summed E-state index contributed by atoms with van der Waals surface area (Å²) in [5, 5.41) is 9.70. The van der Waals surface area contributed by atoms with E-state index in [2.05, 4.69) is 10.9 Å². The Bertz CT molecular complexity index is 746. The largest absolute Gasteiger partial charge is 0.587 e. The molecule has 1 unspecified atom stereocenters. The van der Waals surface area contributed by atoms with Crippen molar-refractivity contribution in [1.82, 2.24) is 10.9 Å². The number of carbonyl (C=O) groups excluding carboxylic acids is 1. The second-order valence-electron chi connectivity index (χ2n) is 4.90. The maximum Gasteiger partial charge on any atom is 0.587 e. The molecular formula is C15H14BCl2N4O+. The smallest absolute Gasteiger partial charge is 0.287 e. The van der Waals surface area contributed by atoms with E-state index in [1.165, 1.54) is 0 Å². The van der Waals surface area contributed by atoms with Gasteiger partial charge in [0.1, 0.15) is 12.4 Å². The third kappa shape index (κ3) is 4.70. The Kier molecular flexibility index (Phi) is 6.00. The minimum Gasteiger partial charge on any atom is -0.287 e. The van der Waals surface area contributed by atoms with Gasteiger partial charge in [0, 0.05) is 28.2 Å². The lowest BCUT2D eigenvalue weighted by molar-refractivity contribution is -0.527. The summed E-state index contributed by atoms with van der Waals surface area (Å²) < 4.78 is 1.68. The molecule has 2 rings (SSSR count). The van der Waals surface area contributed by atoms with Crippen LogP contribution in [0.4, 0.5) is 0 Å². The molecule has 2 N–H and O–H groups in total. The molecule has 0 fully saturated rings. The van der Waals surface area contributed by atoms with E-state index in [4.69, 9.17) is 28.5 Å². The highest BCUT2D eigenvalue weighted by atomic mass is 35.5. The molecule has 0 aliphatic rings. The Morgan fingerprint density at radius 1 is 1.30 bits per heavy atom. The van der Waals surface area contributed by atoms with Crippen molar-refractivity contribution in [2.45, 2.75) is 13.0 Å². The van der Waals surface area contributed by atoms with Crippen LogP contribution in [0.1, 0.15) is 28.9 Å². The first-order valence-electron chi connectivity index (χ1n) is 6.88.